The van der Waals surface area contributed by atoms with E-state index in [1.807, 2.05) is 18.7 Å². The van der Waals surface area contributed by atoms with Gasteiger partial charge in [-0.15, -0.1) is 0 Å². The SMILES string of the molecule is CC(=O)C(NC(=O)CN1CCCC(C(N)=O)C1)C(C)C. The van der Waals surface area contributed by atoms with Gasteiger partial charge in [0.2, 0.25) is 11.8 Å². The number of nitrogens with one attached hydrogen (secondary N) is 1. The molecule has 1 heterocycles. The van der Waals surface area contributed by atoms with Gasteiger partial charge in [-0.2, -0.15) is 0 Å². The van der Waals surface area contributed by atoms with E-state index in [9.17, 15) is 14.4 Å². The summed E-state index contributed by atoms with van der Waals surface area (Å²) >= 11 is 0. The van der Waals surface area contributed by atoms with Crippen molar-refractivity contribution in [3.8, 4) is 0 Å². The van der Waals surface area contributed by atoms with Crippen LogP contribution >= 0.6 is 0 Å². The van der Waals surface area contributed by atoms with Gasteiger partial charge in [0.25, 0.3) is 0 Å². The second-order valence-corrected chi connectivity index (χ2v) is 5.88. The van der Waals surface area contributed by atoms with Gasteiger partial charge in [-0.3, -0.25) is 19.3 Å². The summed E-state index contributed by atoms with van der Waals surface area (Å²) in [6, 6.07) is -0.445. The molecule has 1 rings (SSSR count). The molecule has 0 spiro atoms. The molecule has 2 unspecified atom stereocenters. The summed E-state index contributed by atoms with van der Waals surface area (Å²) in [5, 5.41) is 2.76. The maximum atomic E-state index is 12.0. The Balaban J connectivity index is 2.49. The average molecular weight is 283 g/mol. The Morgan fingerprint density at radius 1 is 1.35 bits per heavy atom. The average Bonchev–Trinajstić information content (AvgIpc) is 2.35. The molecule has 20 heavy (non-hydrogen) atoms. The monoisotopic (exact) mass is 283 g/mol. The number of ketones is 1. The van der Waals surface area contributed by atoms with Crippen molar-refractivity contribution in [3.05, 3.63) is 0 Å². The molecule has 2 atom stereocenters. The first-order valence-electron chi connectivity index (χ1n) is 7.12. The maximum absolute atomic E-state index is 12.0. The lowest BCUT2D eigenvalue weighted by molar-refractivity contribution is -0.129. The third-order valence-corrected chi connectivity index (χ3v) is 3.70. The molecule has 6 heteroatoms. The molecule has 2 amide bonds. The molecule has 1 fully saturated rings. The smallest absolute Gasteiger partial charge is 0.234 e. The molecular formula is C14H25N3O3. The van der Waals surface area contributed by atoms with Crippen LogP contribution in [0.15, 0.2) is 0 Å². The first kappa shape index (κ1) is 16.6. The largest absolute Gasteiger partial charge is 0.369 e. The standard InChI is InChI=1S/C14H25N3O3/c1-9(2)13(10(3)18)16-12(19)8-17-6-4-5-11(7-17)14(15)20/h9,11,13H,4-8H2,1-3H3,(H2,15,20)(H,16,19). The molecule has 114 valence electrons. The highest BCUT2D eigenvalue weighted by atomic mass is 16.2. The molecule has 0 aromatic rings. The Bertz CT molecular complexity index is 382. The van der Waals surface area contributed by atoms with Crippen LogP contribution in [0.1, 0.15) is 33.6 Å². The van der Waals surface area contributed by atoms with Crippen LogP contribution in [-0.2, 0) is 14.4 Å². The van der Waals surface area contributed by atoms with E-state index in [-0.39, 0.29) is 36.0 Å². The van der Waals surface area contributed by atoms with Crippen LogP contribution in [0.25, 0.3) is 0 Å². The van der Waals surface area contributed by atoms with Crippen LogP contribution < -0.4 is 11.1 Å². The Kier molecular flexibility index (Phi) is 6.13. The Labute approximate surface area is 120 Å². The summed E-state index contributed by atoms with van der Waals surface area (Å²) in [4.78, 5) is 36.6. The van der Waals surface area contributed by atoms with Crippen LogP contribution in [0.2, 0.25) is 0 Å². The molecule has 3 N–H and O–H groups in total. The minimum atomic E-state index is -0.445. The normalized spacial score (nSPS) is 21.5. The number of hydrogen-bond acceptors (Lipinski definition) is 4. The third-order valence-electron chi connectivity index (χ3n) is 3.70. The van der Waals surface area contributed by atoms with E-state index in [2.05, 4.69) is 5.32 Å². The second-order valence-electron chi connectivity index (χ2n) is 5.88. The van der Waals surface area contributed by atoms with Gasteiger partial charge in [-0.25, -0.2) is 0 Å². The summed E-state index contributed by atoms with van der Waals surface area (Å²) in [5.74, 6) is -0.633. The highest BCUT2D eigenvalue weighted by Crippen LogP contribution is 2.15. The van der Waals surface area contributed by atoms with Crippen molar-refractivity contribution in [2.45, 2.75) is 39.7 Å². The predicted octanol–water partition coefficient (Wildman–Crippen LogP) is -0.0865. The summed E-state index contributed by atoms with van der Waals surface area (Å²) in [7, 11) is 0. The fourth-order valence-electron chi connectivity index (χ4n) is 2.59. The molecule has 1 aliphatic rings. The van der Waals surface area contributed by atoms with E-state index in [4.69, 9.17) is 5.73 Å². The number of amides is 2. The molecule has 1 saturated heterocycles. The van der Waals surface area contributed by atoms with Gasteiger partial charge in [0.05, 0.1) is 18.5 Å². The van der Waals surface area contributed by atoms with Gasteiger partial charge < -0.3 is 11.1 Å². The van der Waals surface area contributed by atoms with E-state index in [1.54, 1.807) is 0 Å². The Hall–Kier alpha value is -1.43. The van der Waals surface area contributed by atoms with Gasteiger partial charge in [0.15, 0.2) is 5.78 Å². The molecule has 0 aromatic carbocycles. The molecule has 1 aliphatic heterocycles. The molecule has 0 aliphatic carbocycles. The zero-order valence-electron chi connectivity index (χ0n) is 12.5. The molecule has 0 aromatic heterocycles. The number of hydrogen-bond donors (Lipinski definition) is 2. The van der Waals surface area contributed by atoms with Crippen molar-refractivity contribution < 1.29 is 14.4 Å². The fourth-order valence-corrected chi connectivity index (χ4v) is 2.59. The summed E-state index contributed by atoms with van der Waals surface area (Å²) < 4.78 is 0. The lowest BCUT2D eigenvalue weighted by Crippen LogP contribution is -2.50. The van der Waals surface area contributed by atoms with Crippen LogP contribution in [-0.4, -0.2) is 48.2 Å². The number of carbonyl (C=O) groups excluding carboxylic acids is 3. The van der Waals surface area contributed by atoms with E-state index in [0.29, 0.717) is 6.54 Å². The van der Waals surface area contributed by atoms with Crippen LogP contribution in [0.4, 0.5) is 0 Å². The number of carbonyl (C=O) groups is 3. The Morgan fingerprint density at radius 3 is 2.50 bits per heavy atom. The van der Waals surface area contributed by atoms with Crippen molar-refractivity contribution in [1.29, 1.82) is 0 Å². The number of likely N-dealkylation sites (tertiary alicyclic amines) is 1. The first-order chi connectivity index (χ1) is 9.31. The Morgan fingerprint density at radius 2 is 2.00 bits per heavy atom. The quantitative estimate of drug-likeness (QED) is 0.713. The molecule has 0 radical (unpaired) electrons. The number of rotatable bonds is 6. The summed E-state index contributed by atoms with van der Waals surface area (Å²) in [6.07, 6.45) is 1.65. The minimum Gasteiger partial charge on any atom is -0.369 e. The number of primary amides is 1. The topological polar surface area (TPSA) is 92.5 Å². The third kappa shape index (κ3) is 4.92. The fraction of sp³-hybridized carbons (Fsp3) is 0.786. The van der Waals surface area contributed by atoms with Gasteiger partial charge >= 0.3 is 0 Å². The lowest BCUT2D eigenvalue weighted by Gasteiger charge is -2.31. The van der Waals surface area contributed by atoms with Crippen LogP contribution in [0.3, 0.4) is 0 Å². The minimum absolute atomic E-state index is 0.0398. The van der Waals surface area contributed by atoms with Crippen LogP contribution in [0, 0.1) is 11.8 Å². The van der Waals surface area contributed by atoms with E-state index in [1.165, 1.54) is 6.92 Å². The molecule has 6 nitrogen and oxygen atoms in total. The second kappa shape index (κ2) is 7.38. The van der Waals surface area contributed by atoms with E-state index >= 15 is 0 Å². The van der Waals surface area contributed by atoms with Crippen molar-refractivity contribution in [2.24, 2.45) is 17.6 Å². The van der Waals surface area contributed by atoms with E-state index < -0.39 is 6.04 Å². The predicted molar refractivity (Wildman–Crippen MR) is 75.8 cm³/mol. The number of nitrogens with zero attached hydrogens (tertiary/aromatic N) is 1. The van der Waals surface area contributed by atoms with Crippen molar-refractivity contribution in [1.82, 2.24) is 10.2 Å². The van der Waals surface area contributed by atoms with Gasteiger partial charge in [0, 0.05) is 6.54 Å². The first-order valence-corrected chi connectivity index (χ1v) is 7.12. The zero-order valence-corrected chi connectivity index (χ0v) is 12.5. The zero-order chi connectivity index (χ0) is 15.3. The van der Waals surface area contributed by atoms with Gasteiger partial charge in [0.1, 0.15) is 0 Å². The highest BCUT2D eigenvalue weighted by Gasteiger charge is 2.26. The van der Waals surface area contributed by atoms with Crippen molar-refractivity contribution >= 4 is 17.6 Å². The van der Waals surface area contributed by atoms with Crippen molar-refractivity contribution in [2.75, 3.05) is 19.6 Å². The van der Waals surface area contributed by atoms with Gasteiger partial charge in [-0.1, -0.05) is 13.8 Å². The summed E-state index contributed by atoms with van der Waals surface area (Å²) in [5.41, 5.74) is 5.31. The lowest BCUT2D eigenvalue weighted by atomic mass is 9.97. The number of Topliss-reactive ketones (excluding diaryl/α,β-unsaturated/α-hetero) is 1. The number of piperidine rings is 1. The van der Waals surface area contributed by atoms with E-state index in [0.717, 1.165) is 19.4 Å². The highest BCUT2D eigenvalue weighted by molar-refractivity contribution is 5.88. The molecular weight excluding hydrogens is 258 g/mol. The number of nitrogens with two attached hydrogens (primary N) is 1. The molecule has 0 saturated carbocycles. The van der Waals surface area contributed by atoms with Crippen molar-refractivity contribution in [3.63, 3.8) is 0 Å². The van der Waals surface area contributed by atoms with Gasteiger partial charge in [-0.05, 0) is 32.2 Å². The maximum Gasteiger partial charge on any atom is 0.234 e. The van der Waals surface area contributed by atoms with Crippen LogP contribution in [0.5, 0.6) is 0 Å². The molecule has 0 bridgehead atoms. The summed E-state index contributed by atoms with van der Waals surface area (Å²) in [6.45, 7) is 6.79.